The van der Waals surface area contributed by atoms with E-state index in [0.29, 0.717) is 21.2 Å². The molecule has 19 heavy (non-hydrogen) atoms. The summed E-state index contributed by atoms with van der Waals surface area (Å²) >= 11 is 7.42. The highest BCUT2D eigenvalue weighted by atomic mass is 35.5. The summed E-state index contributed by atoms with van der Waals surface area (Å²) in [6.07, 6.45) is 1.64. The minimum Gasteiger partial charge on any atom is -0.420 e. The Kier molecular flexibility index (Phi) is 3.19. The summed E-state index contributed by atoms with van der Waals surface area (Å²) in [5.41, 5.74) is 0.583. The number of benzene rings is 1. The van der Waals surface area contributed by atoms with E-state index in [-0.39, 0.29) is 5.97 Å². The third-order valence-corrected chi connectivity index (χ3v) is 3.78. The van der Waals surface area contributed by atoms with Crippen molar-refractivity contribution in [3.8, 4) is 5.75 Å². The number of carbonyl (C=O) groups excluding carboxylic acids is 1. The first-order valence-electron chi connectivity index (χ1n) is 5.54. The maximum absolute atomic E-state index is 11.9. The molecule has 0 saturated carbocycles. The van der Waals surface area contributed by atoms with Gasteiger partial charge in [0.2, 0.25) is 0 Å². The highest BCUT2D eigenvalue weighted by Gasteiger charge is 2.13. The second-order valence-corrected chi connectivity index (χ2v) is 5.17. The molecule has 3 rings (SSSR count). The molecule has 3 nitrogen and oxygen atoms in total. The van der Waals surface area contributed by atoms with E-state index in [9.17, 15) is 4.79 Å². The molecule has 0 saturated heterocycles. The standard InChI is InChI=1S/C14H8ClNO2S/c15-10-5-6-11(13-9(10)3-1-7-16-13)18-14(17)12-4-2-8-19-12/h1-8H. The first-order valence-corrected chi connectivity index (χ1v) is 6.80. The van der Waals surface area contributed by atoms with Crippen LogP contribution in [-0.4, -0.2) is 11.0 Å². The second-order valence-electron chi connectivity index (χ2n) is 3.81. The van der Waals surface area contributed by atoms with Crippen LogP contribution in [0.25, 0.3) is 10.9 Å². The van der Waals surface area contributed by atoms with Crippen LogP contribution in [0.4, 0.5) is 0 Å². The number of ether oxygens (including phenoxy) is 1. The van der Waals surface area contributed by atoms with E-state index in [1.54, 1.807) is 36.5 Å². The molecule has 0 radical (unpaired) electrons. The zero-order chi connectivity index (χ0) is 13.2. The van der Waals surface area contributed by atoms with Crippen LogP contribution < -0.4 is 4.74 Å². The molecule has 94 valence electrons. The molecule has 3 aromatic rings. The smallest absolute Gasteiger partial charge is 0.353 e. The highest BCUT2D eigenvalue weighted by Crippen LogP contribution is 2.30. The van der Waals surface area contributed by atoms with Crippen molar-refractivity contribution in [2.75, 3.05) is 0 Å². The summed E-state index contributed by atoms with van der Waals surface area (Å²) in [6.45, 7) is 0. The number of rotatable bonds is 2. The van der Waals surface area contributed by atoms with Crippen molar-refractivity contribution in [2.24, 2.45) is 0 Å². The number of pyridine rings is 1. The van der Waals surface area contributed by atoms with Gasteiger partial charge in [0.25, 0.3) is 0 Å². The fraction of sp³-hybridized carbons (Fsp3) is 0. The zero-order valence-electron chi connectivity index (χ0n) is 9.67. The highest BCUT2D eigenvalue weighted by molar-refractivity contribution is 7.12. The molecule has 0 aliphatic carbocycles. The van der Waals surface area contributed by atoms with Gasteiger partial charge in [-0.3, -0.25) is 4.98 Å². The van der Waals surface area contributed by atoms with E-state index >= 15 is 0 Å². The predicted molar refractivity (Wildman–Crippen MR) is 76.0 cm³/mol. The Morgan fingerprint density at radius 2 is 2.11 bits per heavy atom. The van der Waals surface area contributed by atoms with Crippen LogP contribution >= 0.6 is 22.9 Å². The number of carbonyl (C=O) groups is 1. The Bertz CT molecular complexity index is 740. The summed E-state index contributed by atoms with van der Waals surface area (Å²) < 4.78 is 5.38. The minimum atomic E-state index is -0.385. The van der Waals surface area contributed by atoms with Crippen molar-refractivity contribution in [3.05, 3.63) is 57.9 Å². The second kappa shape index (κ2) is 4.99. The molecule has 0 N–H and O–H groups in total. The van der Waals surface area contributed by atoms with Gasteiger partial charge in [0.05, 0.1) is 5.02 Å². The van der Waals surface area contributed by atoms with Gasteiger partial charge in [0.1, 0.15) is 10.4 Å². The van der Waals surface area contributed by atoms with Crippen LogP contribution in [-0.2, 0) is 0 Å². The lowest BCUT2D eigenvalue weighted by Gasteiger charge is -2.07. The number of esters is 1. The molecule has 1 aromatic carbocycles. The average molecular weight is 290 g/mol. The Morgan fingerprint density at radius 1 is 1.21 bits per heavy atom. The largest absolute Gasteiger partial charge is 0.420 e. The number of hydrogen-bond acceptors (Lipinski definition) is 4. The number of aromatic nitrogens is 1. The van der Waals surface area contributed by atoms with Gasteiger partial charge in [0.15, 0.2) is 5.75 Å². The van der Waals surface area contributed by atoms with Crippen molar-refractivity contribution >= 4 is 39.8 Å². The van der Waals surface area contributed by atoms with Gasteiger partial charge >= 0.3 is 5.97 Å². The van der Waals surface area contributed by atoms with Gasteiger partial charge in [-0.15, -0.1) is 11.3 Å². The van der Waals surface area contributed by atoms with Gasteiger partial charge in [-0.2, -0.15) is 0 Å². The Balaban J connectivity index is 2.02. The Hall–Kier alpha value is -1.91. The molecule has 0 spiro atoms. The number of fused-ring (bicyclic) bond motifs is 1. The molecule has 0 atom stereocenters. The lowest BCUT2D eigenvalue weighted by Crippen LogP contribution is -2.06. The molecule has 2 heterocycles. The maximum Gasteiger partial charge on any atom is 0.353 e. The van der Waals surface area contributed by atoms with Gasteiger partial charge in [-0.25, -0.2) is 4.79 Å². The Morgan fingerprint density at radius 3 is 2.89 bits per heavy atom. The van der Waals surface area contributed by atoms with Crippen molar-refractivity contribution < 1.29 is 9.53 Å². The summed E-state index contributed by atoms with van der Waals surface area (Å²) in [5.74, 6) is 0.0303. The lowest BCUT2D eigenvalue weighted by atomic mass is 10.2. The summed E-state index contributed by atoms with van der Waals surface area (Å²) in [7, 11) is 0. The number of nitrogens with zero attached hydrogens (tertiary/aromatic N) is 1. The van der Waals surface area contributed by atoms with E-state index in [4.69, 9.17) is 16.3 Å². The van der Waals surface area contributed by atoms with Crippen molar-refractivity contribution in [1.29, 1.82) is 0 Å². The topological polar surface area (TPSA) is 39.2 Å². The predicted octanol–water partition coefficient (Wildman–Crippen LogP) is 4.17. The number of thiophene rings is 1. The normalized spacial score (nSPS) is 10.6. The minimum absolute atomic E-state index is 0.385. The van der Waals surface area contributed by atoms with E-state index in [0.717, 1.165) is 5.39 Å². The fourth-order valence-electron chi connectivity index (χ4n) is 1.74. The summed E-state index contributed by atoms with van der Waals surface area (Å²) in [4.78, 5) is 16.7. The van der Waals surface area contributed by atoms with Gasteiger partial charge < -0.3 is 4.74 Å². The van der Waals surface area contributed by atoms with E-state index in [1.807, 2.05) is 11.4 Å². The van der Waals surface area contributed by atoms with Crippen molar-refractivity contribution in [3.63, 3.8) is 0 Å². The summed E-state index contributed by atoms with van der Waals surface area (Å²) in [6, 6.07) is 10.5. The van der Waals surface area contributed by atoms with Crippen LogP contribution in [0.15, 0.2) is 48.0 Å². The van der Waals surface area contributed by atoms with Crippen LogP contribution in [0.3, 0.4) is 0 Å². The SMILES string of the molecule is O=C(Oc1ccc(Cl)c2cccnc12)c1cccs1. The van der Waals surface area contributed by atoms with Crippen molar-refractivity contribution in [2.45, 2.75) is 0 Å². The molecule has 5 heteroatoms. The van der Waals surface area contributed by atoms with Gasteiger partial charge in [-0.1, -0.05) is 17.7 Å². The third kappa shape index (κ3) is 2.32. The molecule has 0 aliphatic rings. The molecule has 0 fully saturated rings. The van der Waals surface area contributed by atoms with Gasteiger partial charge in [-0.05, 0) is 35.7 Å². The molecule has 0 amide bonds. The number of halogens is 1. The maximum atomic E-state index is 11.9. The van der Waals surface area contributed by atoms with E-state index < -0.39 is 0 Å². The average Bonchev–Trinajstić information content (AvgIpc) is 2.96. The van der Waals surface area contributed by atoms with Crippen molar-refractivity contribution in [1.82, 2.24) is 4.98 Å². The fourth-order valence-corrected chi connectivity index (χ4v) is 2.55. The van der Waals surface area contributed by atoms with Gasteiger partial charge in [0, 0.05) is 11.6 Å². The molecule has 0 unspecified atom stereocenters. The van der Waals surface area contributed by atoms with E-state index in [2.05, 4.69) is 4.98 Å². The number of hydrogen-bond donors (Lipinski definition) is 0. The quantitative estimate of drug-likeness (QED) is 0.525. The van der Waals surface area contributed by atoms with E-state index in [1.165, 1.54) is 11.3 Å². The van der Waals surface area contributed by atoms with Crippen LogP contribution in [0.1, 0.15) is 9.67 Å². The molecular formula is C14H8ClNO2S. The molecule has 0 bridgehead atoms. The van der Waals surface area contributed by atoms with Crippen LogP contribution in [0, 0.1) is 0 Å². The molecular weight excluding hydrogens is 282 g/mol. The van der Waals surface area contributed by atoms with Crippen LogP contribution in [0.5, 0.6) is 5.75 Å². The monoisotopic (exact) mass is 289 g/mol. The third-order valence-electron chi connectivity index (χ3n) is 2.60. The first kappa shape index (κ1) is 12.1. The lowest BCUT2D eigenvalue weighted by molar-refractivity contribution is 0.0742. The molecule has 0 aliphatic heterocycles. The molecule has 2 aromatic heterocycles. The zero-order valence-corrected chi connectivity index (χ0v) is 11.2. The van der Waals surface area contributed by atoms with Crippen LogP contribution in [0.2, 0.25) is 5.02 Å². The Labute approximate surface area is 118 Å². The first-order chi connectivity index (χ1) is 9.25. The summed E-state index contributed by atoms with van der Waals surface area (Å²) in [5, 5.41) is 3.18.